The second-order valence-corrected chi connectivity index (χ2v) is 6.86. The summed E-state index contributed by atoms with van der Waals surface area (Å²) >= 11 is 11.5. The van der Waals surface area contributed by atoms with Gasteiger partial charge in [0.2, 0.25) is 0 Å². The molecule has 0 bridgehead atoms. The third kappa shape index (κ3) is 3.93. The van der Waals surface area contributed by atoms with E-state index < -0.39 is 21.8 Å². The second-order valence-electron chi connectivity index (χ2n) is 4.37. The molecule has 2 aromatic carbocycles. The van der Waals surface area contributed by atoms with Crippen molar-refractivity contribution in [3.8, 4) is 0 Å². The molecule has 0 aliphatic carbocycles. The average Bonchev–Trinajstić information content (AvgIpc) is 2.48. The van der Waals surface area contributed by atoms with Gasteiger partial charge in [0.25, 0.3) is 10.0 Å². The molecular weight excluding hydrogens is 368 g/mol. The smallest absolute Gasteiger partial charge is 0.337 e. The number of methoxy groups -OCH3 is 1. The fraction of sp³-hybridized carbons (Fsp3) is 0.0714. The summed E-state index contributed by atoms with van der Waals surface area (Å²) in [5.41, 5.74) is -0.184. The highest BCUT2D eigenvalue weighted by Crippen LogP contribution is 2.27. The van der Waals surface area contributed by atoms with Gasteiger partial charge in [-0.2, -0.15) is 0 Å². The van der Waals surface area contributed by atoms with Crippen molar-refractivity contribution in [2.24, 2.45) is 0 Å². The first-order valence-corrected chi connectivity index (χ1v) is 8.34. The van der Waals surface area contributed by atoms with Crippen LogP contribution in [0, 0.1) is 5.82 Å². The highest BCUT2D eigenvalue weighted by atomic mass is 35.5. The molecule has 0 fully saturated rings. The highest BCUT2D eigenvalue weighted by Gasteiger charge is 2.21. The minimum Gasteiger partial charge on any atom is -0.465 e. The first-order chi connectivity index (χ1) is 10.7. The van der Waals surface area contributed by atoms with E-state index >= 15 is 0 Å². The topological polar surface area (TPSA) is 72.5 Å². The van der Waals surface area contributed by atoms with Gasteiger partial charge in [-0.05, 0) is 36.4 Å². The molecule has 1 N–H and O–H groups in total. The fourth-order valence-corrected chi connectivity index (χ4v) is 3.51. The monoisotopic (exact) mass is 377 g/mol. The number of nitrogens with one attached hydrogen (secondary N) is 1. The highest BCUT2D eigenvalue weighted by molar-refractivity contribution is 7.92. The lowest BCUT2D eigenvalue weighted by Crippen LogP contribution is -2.15. The van der Waals surface area contributed by atoms with Gasteiger partial charge < -0.3 is 4.74 Å². The number of hydrogen-bond acceptors (Lipinski definition) is 4. The standard InChI is InChI=1S/C14H10Cl2FNO4S/c1-22-14(19)8-2-5-13(10(16)6-8)23(20,21)18-12-4-3-9(15)7-11(12)17/h2-7,18H,1H3. The molecule has 9 heteroatoms. The normalized spacial score (nSPS) is 11.1. The maximum absolute atomic E-state index is 13.7. The second kappa shape index (κ2) is 6.74. The van der Waals surface area contributed by atoms with Crippen LogP contribution in [0.1, 0.15) is 10.4 Å². The van der Waals surface area contributed by atoms with Crippen LogP contribution in [-0.4, -0.2) is 21.5 Å². The van der Waals surface area contributed by atoms with Crippen LogP contribution in [-0.2, 0) is 14.8 Å². The van der Waals surface area contributed by atoms with Crippen LogP contribution >= 0.6 is 23.2 Å². The van der Waals surface area contributed by atoms with Gasteiger partial charge >= 0.3 is 5.97 Å². The van der Waals surface area contributed by atoms with E-state index in [1.165, 1.54) is 25.3 Å². The quantitative estimate of drug-likeness (QED) is 0.824. The van der Waals surface area contributed by atoms with E-state index in [-0.39, 0.29) is 26.2 Å². The first-order valence-electron chi connectivity index (χ1n) is 6.10. The third-order valence-electron chi connectivity index (χ3n) is 2.82. The van der Waals surface area contributed by atoms with Gasteiger partial charge in [0.1, 0.15) is 10.7 Å². The Labute approximate surface area is 142 Å². The van der Waals surface area contributed by atoms with Crippen LogP contribution in [0.3, 0.4) is 0 Å². The molecule has 2 aromatic rings. The van der Waals surface area contributed by atoms with Crippen molar-refractivity contribution in [2.75, 3.05) is 11.8 Å². The predicted octanol–water partition coefficient (Wildman–Crippen LogP) is 3.72. The molecule has 23 heavy (non-hydrogen) atoms. The Morgan fingerprint density at radius 3 is 2.43 bits per heavy atom. The number of halogens is 3. The summed E-state index contributed by atoms with van der Waals surface area (Å²) < 4.78 is 44.9. The van der Waals surface area contributed by atoms with Crippen LogP contribution in [0.5, 0.6) is 0 Å². The van der Waals surface area contributed by atoms with E-state index in [9.17, 15) is 17.6 Å². The van der Waals surface area contributed by atoms with E-state index in [1.807, 2.05) is 0 Å². The summed E-state index contributed by atoms with van der Waals surface area (Å²) in [7, 11) is -2.96. The Morgan fingerprint density at radius 1 is 1.17 bits per heavy atom. The van der Waals surface area contributed by atoms with E-state index in [1.54, 1.807) is 0 Å². The van der Waals surface area contributed by atoms with E-state index in [0.29, 0.717) is 0 Å². The Kier molecular flexibility index (Phi) is 5.13. The van der Waals surface area contributed by atoms with E-state index in [2.05, 4.69) is 9.46 Å². The van der Waals surface area contributed by atoms with E-state index in [0.717, 1.165) is 18.2 Å². The molecule has 122 valence electrons. The van der Waals surface area contributed by atoms with Gasteiger partial charge in [-0.3, -0.25) is 4.72 Å². The zero-order valence-corrected chi connectivity index (χ0v) is 14.0. The number of anilines is 1. The van der Waals surface area contributed by atoms with Crippen molar-refractivity contribution >= 4 is 44.9 Å². The van der Waals surface area contributed by atoms with Crippen molar-refractivity contribution in [1.82, 2.24) is 0 Å². The summed E-state index contributed by atoms with van der Waals surface area (Å²) in [5.74, 6) is -1.49. The van der Waals surface area contributed by atoms with Crippen molar-refractivity contribution in [3.05, 3.63) is 57.8 Å². The molecule has 0 spiro atoms. The Morgan fingerprint density at radius 2 is 1.87 bits per heavy atom. The summed E-state index contributed by atoms with van der Waals surface area (Å²) in [4.78, 5) is 11.1. The number of hydrogen-bond donors (Lipinski definition) is 1. The Balaban J connectivity index is 2.38. The molecule has 0 aliphatic rings. The minimum absolute atomic E-state index is 0.0918. The van der Waals surface area contributed by atoms with Crippen molar-refractivity contribution in [1.29, 1.82) is 0 Å². The maximum Gasteiger partial charge on any atom is 0.337 e. The average molecular weight is 378 g/mol. The lowest BCUT2D eigenvalue weighted by Gasteiger charge is -2.11. The first kappa shape index (κ1) is 17.5. The van der Waals surface area contributed by atoms with Crippen LogP contribution < -0.4 is 4.72 Å². The zero-order valence-electron chi connectivity index (χ0n) is 11.6. The predicted molar refractivity (Wildman–Crippen MR) is 85.0 cm³/mol. The summed E-state index contributed by atoms with van der Waals surface area (Å²) in [6.45, 7) is 0. The molecule has 0 aliphatic heterocycles. The third-order valence-corrected chi connectivity index (χ3v) is 4.90. The lowest BCUT2D eigenvalue weighted by molar-refractivity contribution is 0.0600. The maximum atomic E-state index is 13.7. The number of carbonyl (C=O) groups excluding carboxylic acids is 1. The van der Waals surface area contributed by atoms with Crippen molar-refractivity contribution in [3.63, 3.8) is 0 Å². The summed E-state index contributed by atoms with van der Waals surface area (Å²) in [6.07, 6.45) is 0. The number of carbonyl (C=O) groups is 1. The lowest BCUT2D eigenvalue weighted by atomic mass is 10.2. The summed E-state index contributed by atoms with van der Waals surface area (Å²) in [6, 6.07) is 7.02. The van der Waals surface area contributed by atoms with Crippen molar-refractivity contribution in [2.45, 2.75) is 4.90 Å². The Hall–Kier alpha value is -1.83. The van der Waals surface area contributed by atoms with Gasteiger partial charge in [0.05, 0.1) is 23.4 Å². The zero-order chi connectivity index (χ0) is 17.2. The van der Waals surface area contributed by atoms with Crippen molar-refractivity contribution < 1.29 is 22.3 Å². The molecule has 0 radical (unpaired) electrons. The molecule has 0 atom stereocenters. The molecule has 0 unspecified atom stereocenters. The van der Waals surface area contributed by atoms with Crippen LogP contribution in [0.2, 0.25) is 10.0 Å². The van der Waals surface area contributed by atoms with Gasteiger partial charge in [-0.1, -0.05) is 23.2 Å². The molecule has 0 heterocycles. The van der Waals surface area contributed by atoms with Crippen LogP contribution in [0.25, 0.3) is 0 Å². The van der Waals surface area contributed by atoms with E-state index in [4.69, 9.17) is 23.2 Å². The van der Waals surface area contributed by atoms with Gasteiger partial charge in [0.15, 0.2) is 0 Å². The fourth-order valence-electron chi connectivity index (χ4n) is 1.74. The largest absolute Gasteiger partial charge is 0.465 e. The molecule has 0 amide bonds. The SMILES string of the molecule is COC(=O)c1ccc(S(=O)(=O)Nc2ccc(Cl)cc2F)c(Cl)c1. The molecule has 2 rings (SSSR count). The number of sulfonamides is 1. The van der Waals surface area contributed by atoms with Crippen LogP contribution in [0.15, 0.2) is 41.3 Å². The molecule has 5 nitrogen and oxygen atoms in total. The number of rotatable bonds is 4. The Bertz CT molecular complexity index is 871. The molecule has 0 saturated heterocycles. The number of benzene rings is 2. The van der Waals surface area contributed by atoms with Gasteiger partial charge in [0, 0.05) is 5.02 Å². The van der Waals surface area contributed by atoms with Crippen LogP contribution in [0.4, 0.5) is 10.1 Å². The van der Waals surface area contributed by atoms with Gasteiger partial charge in [-0.25, -0.2) is 17.6 Å². The number of esters is 1. The minimum atomic E-state index is -4.15. The summed E-state index contributed by atoms with van der Waals surface area (Å²) in [5, 5.41) is -0.0688. The molecule has 0 saturated carbocycles. The molecule has 0 aromatic heterocycles. The number of ether oxygens (including phenoxy) is 1. The molecular formula is C14H10Cl2FNO4S. The van der Waals surface area contributed by atoms with Gasteiger partial charge in [-0.15, -0.1) is 0 Å².